The first-order valence-electron chi connectivity index (χ1n) is 7.09. The molecule has 0 radical (unpaired) electrons. The number of nitrogens with one attached hydrogen (secondary N) is 1. The Morgan fingerprint density at radius 2 is 1.86 bits per heavy atom. The van der Waals surface area contributed by atoms with Crippen LogP contribution in [0.1, 0.15) is 26.3 Å². The number of carbonyl (C=O) groups excluding carboxylic acids is 1. The van der Waals surface area contributed by atoms with Gasteiger partial charge in [-0.3, -0.25) is 9.59 Å². The second kappa shape index (κ2) is 8.71. The molecule has 0 aliphatic rings. The summed E-state index contributed by atoms with van der Waals surface area (Å²) in [6, 6.07) is 4.39. The topological polar surface area (TPSA) is 84.9 Å². The highest BCUT2D eigenvalue weighted by Gasteiger charge is 2.11. The summed E-state index contributed by atoms with van der Waals surface area (Å²) in [5.41, 5.74) is 0.755. The van der Waals surface area contributed by atoms with Crippen LogP contribution < -0.4 is 14.8 Å². The summed E-state index contributed by atoms with van der Waals surface area (Å²) in [7, 11) is 0. The highest BCUT2D eigenvalue weighted by Crippen LogP contribution is 2.28. The molecule has 2 N–H and O–H groups in total. The van der Waals surface area contributed by atoms with Crippen LogP contribution in [0.3, 0.4) is 0 Å². The van der Waals surface area contributed by atoms with Gasteiger partial charge in [0.2, 0.25) is 5.91 Å². The minimum absolute atomic E-state index is 0.471. The number of hydrogen-bond acceptors (Lipinski definition) is 4. The molecule has 0 bridgehead atoms. The fraction of sp³-hybridized carbons (Fsp3) is 0.375. The SMILES string of the molecule is CCOc1ccc(/C=C/C(=O)NC(C)C(=O)O)cc1OCC. The molecule has 1 unspecified atom stereocenters. The van der Waals surface area contributed by atoms with Crippen molar-refractivity contribution >= 4 is 18.0 Å². The van der Waals surface area contributed by atoms with Gasteiger partial charge in [-0.1, -0.05) is 6.07 Å². The molecular formula is C16H21NO5. The lowest BCUT2D eigenvalue weighted by molar-refractivity contribution is -0.140. The van der Waals surface area contributed by atoms with E-state index in [4.69, 9.17) is 14.6 Å². The highest BCUT2D eigenvalue weighted by molar-refractivity contribution is 5.94. The molecular weight excluding hydrogens is 286 g/mol. The monoisotopic (exact) mass is 307 g/mol. The molecule has 6 nitrogen and oxygen atoms in total. The Morgan fingerprint density at radius 3 is 2.45 bits per heavy atom. The molecule has 0 aliphatic heterocycles. The molecule has 22 heavy (non-hydrogen) atoms. The van der Waals surface area contributed by atoms with Crippen LogP contribution in [0.15, 0.2) is 24.3 Å². The third-order valence-electron chi connectivity index (χ3n) is 2.72. The van der Waals surface area contributed by atoms with Gasteiger partial charge in [0.1, 0.15) is 6.04 Å². The maximum Gasteiger partial charge on any atom is 0.325 e. The van der Waals surface area contributed by atoms with Crippen LogP contribution in [-0.2, 0) is 9.59 Å². The Morgan fingerprint density at radius 1 is 1.23 bits per heavy atom. The largest absolute Gasteiger partial charge is 0.490 e. The first-order valence-corrected chi connectivity index (χ1v) is 7.09. The van der Waals surface area contributed by atoms with E-state index in [9.17, 15) is 9.59 Å². The predicted octanol–water partition coefficient (Wildman–Crippen LogP) is 2.09. The lowest BCUT2D eigenvalue weighted by Gasteiger charge is -2.11. The van der Waals surface area contributed by atoms with E-state index in [2.05, 4.69) is 5.32 Å². The molecule has 0 saturated heterocycles. The van der Waals surface area contributed by atoms with Crippen molar-refractivity contribution in [1.82, 2.24) is 5.32 Å². The zero-order valence-corrected chi connectivity index (χ0v) is 13.0. The summed E-state index contributed by atoms with van der Waals surface area (Å²) in [5.74, 6) is -0.306. The third-order valence-corrected chi connectivity index (χ3v) is 2.72. The summed E-state index contributed by atoms with van der Waals surface area (Å²) in [6.45, 7) is 6.20. The van der Waals surface area contributed by atoms with Crippen molar-refractivity contribution in [3.05, 3.63) is 29.8 Å². The number of ether oxygens (including phenoxy) is 2. The maximum atomic E-state index is 11.6. The van der Waals surface area contributed by atoms with Gasteiger partial charge in [-0.25, -0.2) is 0 Å². The second-order valence-electron chi connectivity index (χ2n) is 4.47. The van der Waals surface area contributed by atoms with E-state index in [0.29, 0.717) is 24.7 Å². The third kappa shape index (κ3) is 5.47. The van der Waals surface area contributed by atoms with Crippen molar-refractivity contribution in [3.8, 4) is 11.5 Å². The Labute approximate surface area is 129 Å². The predicted molar refractivity (Wildman–Crippen MR) is 83.1 cm³/mol. The number of hydrogen-bond donors (Lipinski definition) is 2. The molecule has 0 aliphatic carbocycles. The van der Waals surface area contributed by atoms with Crippen molar-refractivity contribution in [3.63, 3.8) is 0 Å². The fourth-order valence-corrected chi connectivity index (χ4v) is 1.67. The van der Waals surface area contributed by atoms with Gasteiger partial charge in [0.15, 0.2) is 11.5 Å². The fourth-order valence-electron chi connectivity index (χ4n) is 1.67. The maximum absolute atomic E-state index is 11.6. The van der Waals surface area contributed by atoms with Crippen LogP contribution in [0, 0.1) is 0 Å². The summed E-state index contributed by atoms with van der Waals surface area (Å²) in [5, 5.41) is 11.1. The average Bonchev–Trinajstić information content (AvgIpc) is 2.47. The van der Waals surface area contributed by atoms with Crippen LogP contribution in [0.4, 0.5) is 0 Å². The molecule has 6 heteroatoms. The molecule has 0 spiro atoms. The molecule has 1 amide bonds. The Balaban J connectivity index is 2.80. The average molecular weight is 307 g/mol. The molecule has 0 fully saturated rings. The van der Waals surface area contributed by atoms with Crippen molar-refractivity contribution in [1.29, 1.82) is 0 Å². The number of aliphatic carboxylic acids is 1. The Kier molecular flexibility index (Phi) is 6.95. The van der Waals surface area contributed by atoms with Gasteiger partial charge in [-0.05, 0) is 44.5 Å². The smallest absolute Gasteiger partial charge is 0.325 e. The Hall–Kier alpha value is -2.50. The van der Waals surface area contributed by atoms with Gasteiger partial charge in [0.25, 0.3) is 0 Å². The normalized spacial score (nSPS) is 12.0. The van der Waals surface area contributed by atoms with Crippen LogP contribution in [0.2, 0.25) is 0 Å². The van der Waals surface area contributed by atoms with Crippen molar-refractivity contribution in [2.24, 2.45) is 0 Å². The minimum atomic E-state index is -1.08. The summed E-state index contributed by atoms with van der Waals surface area (Å²) < 4.78 is 11.0. The van der Waals surface area contributed by atoms with E-state index in [-0.39, 0.29) is 0 Å². The van der Waals surface area contributed by atoms with E-state index in [1.807, 2.05) is 13.8 Å². The molecule has 1 rings (SSSR count). The first kappa shape index (κ1) is 17.6. The minimum Gasteiger partial charge on any atom is -0.490 e. The molecule has 120 valence electrons. The van der Waals surface area contributed by atoms with E-state index in [0.717, 1.165) is 5.56 Å². The number of carboxylic acids is 1. The summed E-state index contributed by atoms with van der Waals surface area (Å²) in [4.78, 5) is 22.2. The van der Waals surface area contributed by atoms with Gasteiger partial charge in [-0.2, -0.15) is 0 Å². The van der Waals surface area contributed by atoms with Crippen LogP contribution in [0.5, 0.6) is 11.5 Å². The number of amides is 1. The Bertz CT molecular complexity index is 553. The number of carbonyl (C=O) groups is 2. The molecule has 1 atom stereocenters. The van der Waals surface area contributed by atoms with Gasteiger partial charge in [0, 0.05) is 6.08 Å². The molecule has 0 heterocycles. The molecule has 1 aromatic rings. The zero-order chi connectivity index (χ0) is 16.5. The van der Waals surface area contributed by atoms with Gasteiger partial charge in [-0.15, -0.1) is 0 Å². The van der Waals surface area contributed by atoms with Gasteiger partial charge < -0.3 is 19.9 Å². The zero-order valence-electron chi connectivity index (χ0n) is 13.0. The van der Waals surface area contributed by atoms with E-state index in [1.54, 1.807) is 24.3 Å². The van der Waals surface area contributed by atoms with Crippen molar-refractivity contribution in [2.45, 2.75) is 26.8 Å². The molecule has 1 aromatic carbocycles. The van der Waals surface area contributed by atoms with Crippen molar-refractivity contribution < 1.29 is 24.2 Å². The van der Waals surface area contributed by atoms with Gasteiger partial charge >= 0.3 is 5.97 Å². The quantitative estimate of drug-likeness (QED) is 0.718. The van der Waals surface area contributed by atoms with Crippen LogP contribution >= 0.6 is 0 Å². The van der Waals surface area contributed by atoms with Crippen LogP contribution in [0.25, 0.3) is 6.08 Å². The first-order chi connectivity index (χ1) is 10.5. The molecule has 0 saturated carbocycles. The highest BCUT2D eigenvalue weighted by atomic mass is 16.5. The van der Waals surface area contributed by atoms with E-state index in [1.165, 1.54) is 13.0 Å². The second-order valence-corrected chi connectivity index (χ2v) is 4.47. The van der Waals surface area contributed by atoms with Crippen LogP contribution in [-0.4, -0.2) is 36.2 Å². The van der Waals surface area contributed by atoms with Gasteiger partial charge in [0.05, 0.1) is 13.2 Å². The summed E-state index contributed by atoms with van der Waals surface area (Å²) >= 11 is 0. The van der Waals surface area contributed by atoms with E-state index < -0.39 is 17.9 Å². The van der Waals surface area contributed by atoms with E-state index >= 15 is 0 Å². The number of benzene rings is 1. The lowest BCUT2D eigenvalue weighted by Crippen LogP contribution is -2.37. The standard InChI is InChI=1S/C16H21NO5/c1-4-21-13-8-6-12(10-14(13)22-5-2)7-9-15(18)17-11(3)16(19)20/h6-11H,4-5H2,1-3H3,(H,17,18)(H,19,20)/b9-7+. The number of carboxylic acid groups (broad SMARTS) is 1. The number of rotatable bonds is 8. The van der Waals surface area contributed by atoms with Crippen molar-refractivity contribution in [2.75, 3.05) is 13.2 Å². The lowest BCUT2D eigenvalue weighted by atomic mass is 10.2. The molecule has 0 aromatic heterocycles. The summed E-state index contributed by atoms with van der Waals surface area (Å²) in [6.07, 6.45) is 2.87.